The van der Waals surface area contributed by atoms with Crippen LogP contribution in [-0.4, -0.2) is 61.8 Å². The van der Waals surface area contributed by atoms with E-state index in [9.17, 15) is 23.2 Å². The van der Waals surface area contributed by atoms with Crippen LogP contribution < -0.4 is 15.1 Å². The molecule has 1 fully saturated rings. The first-order valence-electron chi connectivity index (χ1n) is 13.7. The van der Waals surface area contributed by atoms with Crippen molar-refractivity contribution in [2.45, 2.75) is 44.7 Å². The molecule has 0 aliphatic carbocycles. The van der Waals surface area contributed by atoms with E-state index in [-0.39, 0.29) is 24.8 Å². The summed E-state index contributed by atoms with van der Waals surface area (Å²) in [6.07, 6.45) is 1.90. The molecule has 4 rings (SSSR count). The van der Waals surface area contributed by atoms with Gasteiger partial charge >= 0.3 is 0 Å². The summed E-state index contributed by atoms with van der Waals surface area (Å²) in [5, 5.41) is 10.2. The van der Waals surface area contributed by atoms with Gasteiger partial charge in [0.15, 0.2) is 11.6 Å². The van der Waals surface area contributed by atoms with Gasteiger partial charge in [0.25, 0.3) is 0 Å². The minimum atomic E-state index is -1.41. The number of amides is 1. The van der Waals surface area contributed by atoms with Gasteiger partial charge in [0.05, 0.1) is 29.9 Å². The lowest BCUT2D eigenvalue weighted by Gasteiger charge is -2.40. The molecule has 0 spiro atoms. The number of alkyl halides is 1. The molecule has 1 amide bonds. The van der Waals surface area contributed by atoms with Gasteiger partial charge in [0.1, 0.15) is 17.7 Å². The van der Waals surface area contributed by atoms with Crippen molar-refractivity contribution in [2.75, 3.05) is 45.7 Å². The predicted molar refractivity (Wildman–Crippen MR) is 148 cm³/mol. The number of hydroxylamine groups is 1. The number of nitrogens with zero attached hydrogens (tertiary/aromatic N) is 3. The van der Waals surface area contributed by atoms with E-state index in [0.29, 0.717) is 72.9 Å². The Kier molecular flexibility index (Phi) is 9.70. The number of hydrogen-bond acceptors (Lipinski definition) is 6. The first-order chi connectivity index (χ1) is 19.6. The maximum atomic E-state index is 16.1. The molecule has 1 atom stereocenters. The van der Waals surface area contributed by atoms with Gasteiger partial charge in [-0.25, -0.2) is 23.0 Å². The minimum absolute atomic E-state index is 0.0131. The number of fused-ring (bicyclic) bond motifs is 1. The van der Waals surface area contributed by atoms with Gasteiger partial charge in [-0.2, -0.15) is 0 Å². The second kappa shape index (κ2) is 13.0. The number of methoxy groups -OCH3 is 1. The number of benzene rings is 2. The van der Waals surface area contributed by atoms with Crippen LogP contribution in [0.1, 0.15) is 49.4 Å². The largest absolute Gasteiger partial charge is 0.497 e. The summed E-state index contributed by atoms with van der Waals surface area (Å²) >= 11 is 0. The fraction of sp³-hybridized carbons (Fsp3) is 0.467. The SMILES string of the molecule is COc1ccc2ncc(N(C)C)c(C(F)CCC3(C(=O)NO)CCN(CCCc4cc(F)cc(F)c4F)CC3)c2c1. The molecule has 0 bridgehead atoms. The molecule has 1 aliphatic heterocycles. The molecule has 0 saturated carbocycles. The van der Waals surface area contributed by atoms with Crippen molar-refractivity contribution in [2.24, 2.45) is 5.41 Å². The number of hydrogen-bond donors (Lipinski definition) is 2. The third-order valence-electron chi connectivity index (χ3n) is 8.15. The van der Waals surface area contributed by atoms with Gasteiger partial charge in [0.2, 0.25) is 5.91 Å². The summed E-state index contributed by atoms with van der Waals surface area (Å²) in [7, 11) is 5.17. The van der Waals surface area contributed by atoms with E-state index in [4.69, 9.17) is 4.74 Å². The van der Waals surface area contributed by atoms with Crippen molar-refractivity contribution in [3.05, 3.63) is 65.1 Å². The monoisotopic (exact) mass is 576 g/mol. The van der Waals surface area contributed by atoms with Gasteiger partial charge in [0, 0.05) is 31.1 Å². The second-order valence-corrected chi connectivity index (χ2v) is 10.9. The van der Waals surface area contributed by atoms with Crippen molar-refractivity contribution in [1.29, 1.82) is 0 Å². The highest BCUT2D eigenvalue weighted by Crippen LogP contribution is 2.43. The Bertz CT molecular complexity index is 1380. The minimum Gasteiger partial charge on any atom is -0.497 e. The number of piperidine rings is 1. The predicted octanol–water partition coefficient (Wildman–Crippen LogP) is 5.74. The highest BCUT2D eigenvalue weighted by Gasteiger charge is 2.41. The van der Waals surface area contributed by atoms with Crippen molar-refractivity contribution in [3.8, 4) is 5.75 Å². The number of aromatic nitrogens is 1. The topological polar surface area (TPSA) is 77.9 Å². The van der Waals surface area contributed by atoms with Gasteiger partial charge < -0.3 is 14.5 Å². The number of carbonyl (C=O) groups excluding carboxylic acids is 1. The fourth-order valence-electron chi connectivity index (χ4n) is 5.74. The van der Waals surface area contributed by atoms with E-state index in [1.807, 2.05) is 14.1 Å². The van der Waals surface area contributed by atoms with E-state index in [0.717, 1.165) is 6.07 Å². The number of ether oxygens (including phenoxy) is 1. The van der Waals surface area contributed by atoms with Crippen molar-refractivity contribution in [3.63, 3.8) is 0 Å². The van der Waals surface area contributed by atoms with Crippen molar-refractivity contribution in [1.82, 2.24) is 15.4 Å². The van der Waals surface area contributed by atoms with Crippen LogP contribution >= 0.6 is 0 Å². The average molecular weight is 577 g/mol. The molecule has 1 aromatic heterocycles. The first-order valence-corrected chi connectivity index (χ1v) is 13.7. The summed E-state index contributed by atoms with van der Waals surface area (Å²) in [6, 6.07) is 6.83. The third-order valence-corrected chi connectivity index (χ3v) is 8.15. The molecule has 41 heavy (non-hydrogen) atoms. The Morgan fingerprint density at radius 3 is 2.59 bits per heavy atom. The Morgan fingerprint density at radius 1 is 1.20 bits per heavy atom. The van der Waals surface area contributed by atoms with E-state index in [1.165, 1.54) is 0 Å². The van der Waals surface area contributed by atoms with Crippen LogP contribution in [0.5, 0.6) is 5.75 Å². The molecule has 2 aromatic carbocycles. The van der Waals surface area contributed by atoms with Gasteiger partial charge in [-0.3, -0.25) is 15.0 Å². The molecule has 0 radical (unpaired) electrons. The number of rotatable bonds is 11. The van der Waals surface area contributed by atoms with Crippen LogP contribution in [0.4, 0.5) is 23.2 Å². The van der Waals surface area contributed by atoms with Gasteiger partial charge in [-0.05, 0) is 88.0 Å². The molecule has 2 heterocycles. The summed E-state index contributed by atoms with van der Waals surface area (Å²) in [5.41, 5.74) is 2.53. The fourth-order valence-corrected chi connectivity index (χ4v) is 5.74. The summed E-state index contributed by atoms with van der Waals surface area (Å²) in [6.45, 7) is 1.54. The molecule has 1 saturated heterocycles. The van der Waals surface area contributed by atoms with E-state index < -0.39 is 34.9 Å². The third kappa shape index (κ3) is 6.73. The summed E-state index contributed by atoms with van der Waals surface area (Å²) < 4.78 is 62.4. The zero-order chi connectivity index (χ0) is 29.7. The van der Waals surface area contributed by atoms with Crippen LogP contribution in [0, 0.1) is 22.9 Å². The Morgan fingerprint density at radius 2 is 1.93 bits per heavy atom. The van der Waals surface area contributed by atoms with E-state index >= 15 is 4.39 Å². The van der Waals surface area contributed by atoms with Gasteiger partial charge in [-0.15, -0.1) is 0 Å². The number of anilines is 1. The smallest absolute Gasteiger partial charge is 0.249 e. The number of nitrogens with one attached hydrogen (secondary N) is 1. The highest BCUT2D eigenvalue weighted by atomic mass is 19.2. The average Bonchev–Trinajstić information content (AvgIpc) is 2.97. The lowest BCUT2D eigenvalue weighted by Crippen LogP contribution is -2.48. The quantitative estimate of drug-likeness (QED) is 0.131. The highest BCUT2D eigenvalue weighted by molar-refractivity contribution is 5.88. The number of likely N-dealkylation sites (tertiary alicyclic amines) is 1. The van der Waals surface area contributed by atoms with Crippen molar-refractivity contribution >= 4 is 22.5 Å². The molecule has 1 unspecified atom stereocenters. The molecular formula is C30H36F4N4O3. The summed E-state index contributed by atoms with van der Waals surface area (Å²) in [4.78, 5) is 21.2. The van der Waals surface area contributed by atoms with E-state index in [1.54, 1.807) is 41.9 Å². The molecule has 1 aliphatic rings. The Labute approximate surface area is 237 Å². The van der Waals surface area contributed by atoms with Crippen LogP contribution in [-0.2, 0) is 11.2 Å². The molecule has 2 N–H and O–H groups in total. The summed E-state index contributed by atoms with van der Waals surface area (Å²) in [5.74, 6) is -3.03. The lowest BCUT2D eigenvalue weighted by atomic mass is 9.73. The van der Waals surface area contributed by atoms with Gasteiger partial charge in [-0.1, -0.05) is 0 Å². The molecule has 11 heteroatoms. The second-order valence-electron chi connectivity index (χ2n) is 10.9. The standard InChI is InChI=1S/C30H36F4N4O3/c1-37(2)26-18-35-25-7-6-21(41-3)17-22(25)27(26)23(32)8-9-30(29(39)36-40)10-13-38(14-11-30)12-4-5-19-15-20(31)16-24(33)28(19)34/h6-7,15-18,23,40H,4-5,8-14H2,1-3H3,(H,36,39). The molecular weight excluding hydrogens is 540 g/mol. The maximum Gasteiger partial charge on any atom is 0.249 e. The van der Waals surface area contributed by atoms with Crippen LogP contribution in [0.25, 0.3) is 10.9 Å². The normalized spacial score (nSPS) is 16.0. The molecule has 7 nitrogen and oxygen atoms in total. The van der Waals surface area contributed by atoms with Crippen LogP contribution in [0.3, 0.4) is 0 Å². The molecule has 222 valence electrons. The number of pyridine rings is 1. The number of aryl methyl sites for hydroxylation is 1. The number of halogens is 4. The number of carbonyl (C=O) groups is 1. The Hall–Kier alpha value is -3.44. The van der Waals surface area contributed by atoms with Crippen LogP contribution in [0.2, 0.25) is 0 Å². The first kappa shape index (κ1) is 30.5. The zero-order valence-electron chi connectivity index (χ0n) is 23.5. The Balaban J connectivity index is 1.44. The lowest BCUT2D eigenvalue weighted by molar-refractivity contribution is -0.143. The maximum absolute atomic E-state index is 16.1. The zero-order valence-corrected chi connectivity index (χ0v) is 23.5. The molecule has 3 aromatic rings. The van der Waals surface area contributed by atoms with Crippen LogP contribution in [0.15, 0.2) is 36.5 Å². The van der Waals surface area contributed by atoms with E-state index in [2.05, 4.69) is 9.88 Å². The van der Waals surface area contributed by atoms with Crippen molar-refractivity contribution < 1.29 is 32.3 Å².